The molecule has 0 atom stereocenters. The maximum absolute atomic E-state index is 12.8. The van der Waals surface area contributed by atoms with E-state index < -0.39 is 0 Å². The summed E-state index contributed by atoms with van der Waals surface area (Å²) in [5.74, 6) is 0.160. The molecule has 0 aliphatic carbocycles. The molecule has 0 unspecified atom stereocenters. The fourth-order valence-electron chi connectivity index (χ4n) is 2.71. The molecular formula is C17H21N5O. The molecule has 0 aliphatic heterocycles. The second-order valence-corrected chi connectivity index (χ2v) is 5.98. The van der Waals surface area contributed by atoms with Crippen molar-refractivity contribution in [1.29, 1.82) is 0 Å². The average Bonchev–Trinajstić information content (AvgIpc) is 3.04. The minimum absolute atomic E-state index is 0.199. The maximum atomic E-state index is 12.8. The first-order valence-electron chi connectivity index (χ1n) is 7.57. The smallest absolute Gasteiger partial charge is 0.282 e. The maximum Gasteiger partial charge on any atom is 0.282 e. The van der Waals surface area contributed by atoms with E-state index >= 15 is 0 Å². The summed E-state index contributed by atoms with van der Waals surface area (Å²) >= 11 is 0. The van der Waals surface area contributed by atoms with Crippen LogP contribution in [-0.2, 0) is 6.54 Å². The number of aryl methyl sites for hydroxylation is 1. The molecule has 1 aromatic carbocycles. The molecule has 0 spiro atoms. The SMILES string of the molecule is Cc1cc(N)n(C(=O)c2cn(CCN(C)C)c3ccccc23)n1. The number of likely N-dealkylation sites (N-methyl/N-ethyl adjacent to an activating group) is 1. The molecule has 0 fully saturated rings. The van der Waals surface area contributed by atoms with Crippen molar-refractivity contribution in [3.8, 4) is 0 Å². The number of nitrogen functional groups attached to an aromatic ring is 1. The molecule has 3 rings (SSSR count). The van der Waals surface area contributed by atoms with E-state index in [4.69, 9.17) is 5.73 Å². The summed E-state index contributed by atoms with van der Waals surface area (Å²) in [6.45, 7) is 3.53. The molecule has 120 valence electrons. The van der Waals surface area contributed by atoms with Crippen LogP contribution < -0.4 is 5.73 Å². The van der Waals surface area contributed by atoms with E-state index in [1.54, 1.807) is 6.07 Å². The highest BCUT2D eigenvalue weighted by Gasteiger charge is 2.19. The number of carbonyl (C=O) groups excluding carboxylic acids is 1. The van der Waals surface area contributed by atoms with E-state index in [0.717, 1.165) is 29.7 Å². The summed E-state index contributed by atoms with van der Waals surface area (Å²) in [4.78, 5) is 15.0. The summed E-state index contributed by atoms with van der Waals surface area (Å²) in [5.41, 5.74) is 8.29. The van der Waals surface area contributed by atoms with Crippen molar-refractivity contribution in [2.45, 2.75) is 13.5 Å². The Kier molecular flexibility index (Phi) is 3.92. The third-order valence-electron chi connectivity index (χ3n) is 3.86. The van der Waals surface area contributed by atoms with Crippen LogP contribution in [0.5, 0.6) is 0 Å². The predicted octanol–water partition coefficient (Wildman–Crippen LogP) is 1.98. The van der Waals surface area contributed by atoms with E-state index in [-0.39, 0.29) is 5.91 Å². The molecule has 0 radical (unpaired) electrons. The molecule has 3 aromatic rings. The largest absolute Gasteiger partial charge is 0.383 e. The molecule has 0 saturated carbocycles. The lowest BCUT2D eigenvalue weighted by Crippen LogP contribution is -2.18. The highest BCUT2D eigenvalue weighted by atomic mass is 16.2. The Morgan fingerprint density at radius 1 is 1.30 bits per heavy atom. The fraction of sp³-hybridized carbons (Fsp3) is 0.294. The molecule has 6 heteroatoms. The number of benzene rings is 1. The monoisotopic (exact) mass is 311 g/mol. The Labute approximate surface area is 135 Å². The Bertz CT molecular complexity index is 859. The van der Waals surface area contributed by atoms with Gasteiger partial charge >= 0.3 is 0 Å². The van der Waals surface area contributed by atoms with Crippen LogP contribution in [0.25, 0.3) is 10.9 Å². The highest BCUT2D eigenvalue weighted by molar-refractivity contribution is 6.08. The lowest BCUT2D eigenvalue weighted by atomic mass is 10.1. The second-order valence-electron chi connectivity index (χ2n) is 5.98. The van der Waals surface area contributed by atoms with Gasteiger partial charge < -0.3 is 15.2 Å². The van der Waals surface area contributed by atoms with Crippen LogP contribution in [0.3, 0.4) is 0 Å². The van der Waals surface area contributed by atoms with Gasteiger partial charge in [0.1, 0.15) is 5.82 Å². The van der Waals surface area contributed by atoms with Gasteiger partial charge in [0.05, 0.1) is 11.3 Å². The van der Waals surface area contributed by atoms with Gasteiger partial charge in [0.15, 0.2) is 0 Å². The lowest BCUT2D eigenvalue weighted by Gasteiger charge is -2.10. The number of aromatic nitrogens is 3. The summed E-state index contributed by atoms with van der Waals surface area (Å²) in [7, 11) is 4.07. The van der Waals surface area contributed by atoms with Crippen LogP contribution in [0.15, 0.2) is 36.5 Å². The number of hydrogen-bond donors (Lipinski definition) is 1. The molecule has 0 bridgehead atoms. The first-order valence-corrected chi connectivity index (χ1v) is 7.57. The zero-order valence-corrected chi connectivity index (χ0v) is 13.7. The number of anilines is 1. The van der Waals surface area contributed by atoms with Gasteiger partial charge in [0.2, 0.25) is 0 Å². The van der Waals surface area contributed by atoms with Gasteiger partial charge in [-0.25, -0.2) is 0 Å². The fourth-order valence-corrected chi connectivity index (χ4v) is 2.71. The van der Waals surface area contributed by atoms with Gasteiger partial charge in [0.25, 0.3) is 5.91 Å². The number of para-hydroxylation sites is 1. The van der Waals surface area contributed by atoms with Gasteiger partial charge in [-0.3, -0.25) is 4.79 Å². The number of nitrogens with zero attached hydrogens (tertiary/aromatic N) is 4. The van der Waals surface area contributed by atoms with Gasteiger partial charge in [-0.15, -0.1) is 0 Å². The van der Waals surface area contributed by atoms with Crippen LogP contribution in [0.1, 0.15) is 16.1 Å². The summed E-state index contributed by atoms with van der Waals surface area (Å²) in [6.07, 6.45) is 1.90. The third-order valence-corrected chi connectivity index (χ3v) is 3.86. The zero-order chi connectivity index (χ0) is 16.6. The Hall–Kier alpha value is -2.60. The number of fused-ring (bicyclic) bond motifs is 1. The zero-order valence-electron chi connectivity index (χ0n) is 13.7. The summed E-state index contributed by atoms with van der Waals surface area (Å²) in [5, 5.41) is 5.12. The number of carbonyl (C=O) groups is 1. The molecule has 23 heavy (non-hydrogen) atoms. The lowest BCUT2D eigenvalue weighted by molar-refractivity contribution is 0.0949. The Morgan fingerprint density at radius 2 is 2.04 bits per heavy atom. The molecule has 0 amide bonds. The quantitative estimate of drug-likeness (QED) is 0.800. The molecule has 2 heterocycles. The van der Waals surface area contributed by atoms with Gasteiger partial charge in [-0.2, -0.15) is 9.78 Å². The standard InChI is InChI=1S/C17H21N5O/c1-12-10-16(18)22(19-12)17(23)14-11-21(9-8-20(2)3)15-7-5-4-6-13(14)15/h4-7,10-11H,8-9,18H2,1-3H3. The molecule has 0 saturated heterocycles. The first kappa shape index (κ1) is 15.3. The second kappa shape index (κ2) is 5.89. The average molecular weight is 311 g/mol. The van der Waals surface area contributed by atoms with Crippen molar-refractivity contribution >= 4 is 22.6 Å². The Balaban J connectivity index is 2.07. The number of hydrogen-bond acceptors (Lipinski definition) is 4. The van der Waals surface area contributed by atoms with E-state index in [0.29, 0.717) is 11.4 Å². The molecule has 2 N–H and O–H groups in total. The number of nitrogens with two attached hydrogens (primary N) is 1. The van der Waals surface area contributed by atoms with Crippen LogP contribution in [0.2, 0.25) is 0 Å². The minimum atomic E-state index is -0.199. The van der Waals surface area contributed by atoms with Crippen LogP contribution in [-0.4, -0.2) is 45.8 Å². The first-order chi connectivity index (χ1) is 11.0. The van der Waals surface area contributed by atoms with E-state index in [1.165, 1.54) is 4.68 Å². The highest BCUT2D eigenvalue weighted by Crippen LogP contribution is 2.23. The molecule has 6 nitrogen and oxygen atoms in total. The number of rotatable bonds is 4. The van der Waals surface area contributed by atoms with Crippen molar-refractivity contribution in [2.75, 3.05) is 26.4 Å². The van der Waals surface area contributed by atoms with Crippen LogP contribution in [0.4, 0.5) is 5.82 Å². The third kappa shape index (κ3) is 2.85. The Morgan fingerprint density at radius 3 is 2.70 bits per heavy atom. The summed E-state index contributed by atoms with van der Waals surface area (Å²) in [6, 6.07) is 9.60. The predicted molar refractivity (Wildman–Crippen MR) is 91.6 cm³/mol. The molecule has 2 aromatic heterocycles. The van der Waals surface area contributed by atoms with Crippen molar-refractivity contribution in [3.63, 3.8) is 0 Å². The van der Waals surface area contributed by atoms with Crippen LogP contribution >= 0.6 is 0 Å². The van der Waals surface area contributed by atoms with Crippen LogP contribution in [0, 0.1) is 6.92 Å². The van der Waals surface area contributed by atoms with Crippen molar-refractivity contribution < 1.29 is 4.79 Å². The van der Waals surface area contributed by atoms with Crippen molar-refractivity contribution in [1.82, 2.24) is 19.2 Å². The molecule has 0 aliphatic rings. The van der Waals surface area contributed by atoms with Gasteiger partial charge in [-0.05, 0) is 27.1 Å². The van der Waals surface area contributed by atoms with E-state index in [2.05, 4.69) is 14.6 Å². The van der Waals surface area contributed by atoms with Crippen molar-refractivity contribution in [3.05, 3.63) is 47.8 Å². The van der Waals surface area contributed by atoms with Crippen molar-refractivity contribution in [2.24, 2.45) is 0 Å². The van der Waals surface area contributed by atoms with Gasteiger partial charge in [0, 0.05) is 36.3 Å². The normalized spacial score (nSPS) is 11.5. The minimum Gasteiger partial charge on any atom is -0.383 e. The van der Waals surface area contributed by atoms with E-state index in [1.807, 2.05) is 51.5 Å². The topological polar surface area (TPSA) is 69.1 Å². The molecular weight excluding hydrogens is 290 g/mol. The van der Waals surface area contributed by atoms with E-state index in [9.17, 15) is 4.79 Å². The van der Waals surface area contributed by atoms with Gasteiger partial charge in [-0.1, -0.05) is 18.2 Å². The summed E-state index contributed by atoms with van der Waals surface area (Å²) < 4.78 is 3.38.